The second kappa shape index (κ2) is 12.4. The molecule has 3 rings (SSSR count). The zero-order chi connectivity index (χ0) is 19.8. The first-order valence-corrected chi connectivity index (χ1v) is 11.6. The summed E-state index contributed by atoms with van der Waals surface area (Å²) < 4.78 is 5.89. The van der Waals surface area contributed by atoms with Crippen LogP contribution in [-0.4, -0.2) is 79.2 Å². The van der Waals surface area contributed by atoms with Crippen LogP contribution in [0.15, 0.2) is 29.3 Å². The molecule has 2 aliphatic heterocycles. The lowest BCUT2D eigenvalue weighted by Crippen LogP contribution is -2.54. The molecule has 0 spiro atoms. The van der Waals surface area contributed by atoms with Gasteiger partial charge < -0.3 is 15.0 Å². The highest BCUT2D eigenvalue weighted by Crippen LogP contribution is 2.34. The van der Waals surface area contributed by atoms with Gasteiger partial charge in [0.15, 0.2) is 5.96 Å². The van der Waals surface area contributed by atoms with E-state index in [2.05, 4.69) is 70.0 Å². The Hall–Kier alpha value is -0.510. The number of nitrogens with zero attached hydrogens (tertiary/aromatic N) is 3. The van der Waals surface area contributed by atoms with E-state index in [0.29, 0.717) is 0 Å². The van der Waals surface area contributed by atoms with Crippen molar-refractivity contribution in [3.05, 3.63) is 35.4 Å². The van der Waals surface area contributed by atoms with Crippen LogP contribution in [-0.2, 0) is 11.3 Å². The predicted octanol–water partition coefficient (Wildman–Crippen LogP) is 3.61. The van der Waals surface area contributed by atoms with Crippen molar-refractivity contribution in [2.75, 3.05) is 58.7 Å². The lowest BCUT2D eigenvalue weighted by atomic mass is 9.99. The Bertz CT molecular complexity index is 638. The topological polar surface area (TPSA) is 40.1 Å². The van der Waals surface area contributed by atoms with Crippen molar-refractivity contribution < 1.29 is 4.74 Å². The van der Waals surface area contributed by atoms with E-state index >= 15 is 0 Å². The largest absolute Gasteiger partial charge is 0.381 e. The molecule has 0 bridgehead atoms. The van der Waals surface area contributed by atoms with Gasteiger partial charge in [0.25, 0.3) is 0 Å². The first kappa shape index (κ1) is 24.8. The number of halogens is 1. The molecule has 0 aromatic heterocycles. The summed E-state index contributed by atoms with van der Waals surface area (Å²) in [6, 6.07) is 8.86. The molecular formula is C22H37IN4OS. The lowest BCUT2D eigenvalue weighted by Gasteiger charge is -2.40. The summed E-state index contributed by atoms with van der Waals surface area (Å²) in [7, 11) is 1.91. The zero-order valence-electron chi connectivity index (χ0n) is 18.2. The van der Waals surface area contributed by atoms with E-state index in [1.54, 1.807) is 0 Å². The van der Waals surface area contributed by atoms with Crippen LogP contribution >= 0.6 is 35.7 Å². The van der Waals surface area contributed by atoms with Crippen LogP contribution in [0.4, 0.5) is 0 Å². The molecule has 0 aliphatic carbocycles. The van der Waals surface area contributed by atoms with Gasteiger partial charge >= 0.3 is 0 Å². The van der Waals surface area contributed by atoms with Crippen LogP contribution in [0, 0.1) is 6.92 Å². The highest BCUT2D eigenvalue weighted by atomic mass is 127. The molecule has 1 aromatic carbocycles. The number of hydrogen-bond acceptors (Lipinski definition) is 4. The zero-order valence-corrected chi connectivity index (χ0v) is 21.3. The molecule has 29 heavy (non-hydrogen) atoms. The molecule has 0 saturated carbocycles. The molecule has 2 heterocycles. The number of aliphatic imine (C=N–C) groups is 1. The minimum absolute atomic E-state index is 0. The third-order valence-corrected chi connectivity index (χ3v) is 7.25. The summed E-state index contributed by atoms with van der Waals surface area (Å²) in [6.07, 6.45) is 2.25. The summed E-state index contributed by atoms with van der Waals surface area (Å²) >= 11 is 2.08. The summed E-state index contributed by atoms with van der Waals surface area (Å²) in [5.74, 6) is 2.20. The first-order valence-electron chi connectivity index (χ1n) is 10.6. The van der Waals surface area contributed by atoms with Gasteiger partial charge in [-0.25, -0.2) is 0 Å². The minimum Gasteiger partial charge on any atom is -0.381 e. The third kappa shape index (κ3) is 7.29. The minimum atomic E-state index is 0. The van der Waals surface area contributed by atoms with Crippen LogP contribution in [0.25, 0.3) is 0 Å². The second-order valence-electron chi connectivity index (χ2n) is 7.88. The van der Waals surface area contributed by atoms with Crippen molar-refractivity contribution >= 4 is 41.7 Å². The third-order valence-electron chi connectivity index (χ3n) is 5.80. The van der Waals surface area contributed by atoms with Crippen LogP contribution < -0.4 is 5.32 Å². The molecule has 7 heteroatoms. The van der Waals surface area contributed by atoms with Crippen LogP contribution in [0.5, 0.6) is 0 Å². The molecule has 0 atom stereocenters. The molecule has 1 aromatic rings. The van der Waals surface area contributed by atoms with Gasteiger partial charge in [-0.1, -0.05) is 36.8 Å². The Labute approximate surface area is 198 Å². The van der Waals surface area contributed by atoms with E-state index < -0.39 is 0 Å². The fraction of sp³-hybridized carbons (Fsp3) is 0.682. The van der Waals surface area contributed by atoms with Crippen LogP contribution in [0.3, 0.4) is 0 Å². The molecule has 2 fully saturated rings. The standard InChI is InChI=1S/C22H36N4OS.HI/c1-4-28-22(8-14-27-15-9-22)18-24-21(23-3)26-12-10-25(11-13-26)17-20-7-5-6-19(2)16-20;/h5-7,16H,4,8-15,17-18H2,1-3H3,(H,23,24);1H. The normalized spacial score (nSPS) is 20.2. The summed E-state index contributed by atoms with van der Waals surface area (Å²) in [5, 5.41) is 3.69. The average Bonchev–Trinajstić information content (AvgIpc) is 2.71. The van der Waals surface area contributed by atoms with Gasteiger partial charge in [0.1, 0.15) is 0 Å². The second-order valence-corrected chi connectivity index (χ2v) is 9.61. The summed E-state index contributed by atoms with van der Waals surface area (Å²) in [5.41, 5.74) is 2.75. The summed E-state index contributed by atoms with van der Waals surface area (Å²) in [6.45, 7) is 12.4. The Morgan fingerprint density at radius 2 is 1.93 bits per heavy atom. The van der Waals surface area contributed by atoms with Crippen molar-refractivity contribution in [1.29, 1.82) is 0 Å². The van der Waals surface area contributed by atoms with Crippen molar-refractivity contribution in [1.82, 2.24) is 15.1 Å². The Kier molecular flexibility index (Phi) is 10.6. The Morgan fingerprint density at radius 3 is 2.55 bits per heavy atom. The van der Waals surface area contributed by atoms with Gasteiger partial charge in [0, 0.05) is 64.3 Å². The monoisotopic (exact) mass is 532 g/mol. The molecule has 0 amide bonds. The van der Waals surface area contributed by atoms with E-state index in [9.17, 15) is 0 Å². The first-order chi connectivity index (χ1) is 13.6. The summed E-state index contributed by atoms with van der Waals surface area (Å²) in [4.78, 5) is 9.54. The number of thioether (sulfide) groups is 1. The highest BCUT2D eigenvalue weighted by molar-refractivity contribution is 14.0. The van der Waals surface area contributed by atoms with Crippen molar-refractivity contribution in [3.8, 4) is 0 Å². The average molecular weight is 533 g/mol. The Morgan fingerprint density at radius 1 is 1.21 bits per heavy atom. The van der Waals surface area contributed by atoms with Crippen LogP contribution in [0.1, 0.15) is 30.9 Å². The molecule has 164 valence electrons. The molecule has 2 saturated heterocycles. The highest BCUT2D eigenvalue weighted by Gasteiger charge is 2.33. The van der Waals surface area contributed by atoms with Crippen molar-refractivity contribution in [3.63, 3.8) is 0 Å². The maximum Gasteiger partial charge on any atom is 0.193 e. The smallest absolute Gasteiger partial charge is 0.193 e. The maximum atomic E-state index is 5.60. The van der Waals surface area contributed by atoms with Gasteiger partial charge in [0.2, 0.25) is 0 Å². The van der Waals surface area contributed by atoms with E-state index in [1.165, 1.54) is 11.1 Å². The van der Waals surface area contributed by atoms with Gasteiger partial charge in [-0.05, 0) is 31.1 Å². The van der Waals surface area contributed by atoms with Gasteiger partial charge in [-0.15, -0.1) is 24.0 Å². The molecule has 0 unspecified atom stereocenters. The number of aryl methyl sites for hydroxylation is 1. The fourth-order valence-corrected chi connectivity index (χ4v) is 5.42. The molecule has 5 nitrogen and oxygen atoms in total. The van der Waals surface area contributed by atoms with E-state index in [-0.39, 0.29) is 28.7 Å². The molecular weight excluding hydrogens is 495 g/mol. The van der Waals surface area contributed by atoms with Gasteiger partial charge in [-0.2, -0.15) is 11.8 Å². The van der Waals surface area contributed by atoms with E-state index in [1.807, 2.05) is 7.05 Å². The number of benzene rings is 1. The fourth-order valence-electron chi connectivity index (χ4n) is 4.18. The number of rotatable bonds is 6. The Balaban J connectivity index is 0.00000300. The van der Waals surface area contributed by atoms with Gasteiger partial charge in [-0.3, -0.25) is 9.89 Å². The molecule has 2 aliphatic rings. The van der Waals surface area contributed by atoms with E-state index in [0.717, 1.165) is 77.0 Å². The van der Waals surface area contributed by atoms with Gasteiger partial charge in [0.05, 0.1) is 0 Å². The number of piperazine rings is 1. The lowest BCUT2D eigenvalue weighted by molar-refractivity contribution is 0.0779. The SMILES string of the molecule is CCSC1(CNC(=NC)N2CCN(Cc3cccc(C)c3)CC2)CCOCC1.I. The number of ether oxygens (including phenoxy) is 1. The molecule has 1 N–H and O–H groups in total. The van der Waals surface area contributed by atoms with Crippen LogP contribution in [0.2, 0.25) is 0 Å². The maximum absolute atomic E-state index is 5.60. The number of hydrogen-bond donors (Lipinski definition) is 1. The number of nitrogens with one attached hydrogen (secondary N) is 1. The molecule has 0 radical (unpaired) electrons. The predicted molar refractivity (Wildman–Crippen MR) is 136 cm³/mol. The quantitative estimate of drug-likeness (QED) is 0.345. The van der Waals surface area contributed by atoms with E-state index in [4.69, 9.17) is 4.74 Å². The van der Waals surface area contributed by atoms with Crippen molar-refractivity contribution in [2.24, 2.45) is 4.99 Å². The number of guanidine groups is 1. The van der Waals surface area contributed by atoms with Crippen molar-refractivity contribution in [2.45, 2.75) is 38.0 Å².